The van der Waals surface area contributed by atoms with Crippen LogP contribution in [0, 0.1) is 0 Å². The summed E-state index contributed by atoms with van der Waals surface area (Å²) in [5.41, 5.74) is 8.85. The van der Waals surface area contributed by atoms with E-state index in [1.807, 2.05) is 30.5 Å². The van der Waals surface area contributed by atoms with Gasteiger partial charge in [0.1, 0.15) is 0 Å². The zero-order chi connectivity index (χ0) is 23.7. The van der Waals surface area contributed by atoms with E-state index in [0.717, 1.165) is 44.5 Å². The normalized spacial score (nSPS) is 10.9. The number of para-hydroxylation sites is 1. The Kier molecular flexibility index (Phi) is 5.72. The number of hydrogen-bond donors (Lipinski definition) is 0. The third-order valence-electron chi connectivity index (χ3n) is 6.17. The average Bonchev–Trinajstić information content (AvgIpc) is 2.88. The van der Waals surface area contributed by atoms with Gasteiger partial charge in [0.2, 0.25) is 0 Å². The quantitative estimate of drug-likeness (QED) is 0.300. The maximum Gasteiger partial charge on any atom is 0.161 e. The highest BCUT2D eigenvalue weighted by Crippen LogP contribution is 2.39. The van der Waals surface area contributed by atoms with Gasteiger partial charge in [-0.2, -0.15) is 0 Å². The summed E-state index contributed by atoms with van der Waals surface area (Å²) in [4.78, 5) is 14.0. The highest BCUT2D eigenvalue weighted by Gasteiger charge is 2.17. The molecule has 1 heterocycles. The van der Waals surface area contributed by atoms with Crippen molar-refractivity contribution in [3.63, 3.8) is 0 Å². The van der Waals surface area contributed by atoms with Crippen LogP contribution in [-0.2, 0) is 0 Å². The molecule has 4 heteroatoms. The monoisotopic (exact) mass is 444 g/mol. The molecule has 0 radical (unpaired) electrons. The molecule has 4 nitrogen and oxygen atoms in total. The Morgan fingerprint density at radius 3 is 1.62 bits per heavy atom. The van der Waals surface area contributed by atoms with E-state index in [1.54, 1.807) is 0 Å². The van der Waals surface area contributed by atoms with E-state index in [4.69, 9.17) is 9.97 Å². The van der Waals surface area contributed by atoms with E-state index in [9.17, 15) is 0 Å². The zero-order valence-corrected chi connectivity index (χ0v) is 20.0. The minimum Gasteiger partial charge on any atom is -0.378 e. The summed E-state index contributed by atoms with van der Waals surface area (Å²) in [6.07, 6.45) is 1.92. The van der Waals surface area contributed by atoms with Crippen molar-refractivity contribution < 1.29 is 0 Å². The topological polar surface area (TPSA) is 32.3 Å². The van der Waals surface area contributed by atoms with Crippen LogP contribution in [0.3, 0.4) is 0 Å². The third-order valence-corrected chi connectivity index (χ3v) is 6.17. The Bertz CT molecular complexity index is 1370. The van der Waals surface area contributed by atoms with Gasteiger partial charge in [-0.1, -0.05) is 60.7 Å². The van der Waals surface area contributed by atoms with E-state index < -0.39 is 0 Å². The predicted octanol–water partition coefficient (Wildman–Crippen LogP) is 6.76. The maximum atomic E-state index is 4.98. The van der Waals surface area contributed by atoms with Crippen molar-refractivity contribution in [2.24, 2.45) is 0 Å². The Balaban J connectivity index is 1.73. The van der Waals surface area contributed by atoms with Gasteiger partial charge in [-0.3, -0.25) is 0 Å². The van der Waals surface area contributed by atoms with Crippen LogP contribution in [0.5, 0.6) is 0 Å². The molecular weight excluding hydrogens is 416 g/mol. The second-order valence-electron chi connectivity index (χ2n) is 8.86. The third kappa shape index (κ3) is 4.11. The van der Waals surface area contributed by atoms with Crippen molar-refractivity contribution in [1.82, 2.24) is 9.97 Å². The summed E-state index contributed by atoms with van der Waals surface area (Å²) in [7, 11) is 8.23. The van der Waals surface area contributed by atoms with Gasteiger partial charge in [-0.25, -0.2) is 9.97 Å². The van der Waals surface area contributed by atoms with Gasteiger partial charge in [0.25, 0.3) is 0 Å². The Morgan fingerprint density at radius 2 is 1.09 bits per heavy atom. The van der Waals surface area contributed by atoms with Crippen molar-refractivity contribution >= 4 is 22.3 Å². The van der Waals surface area contributed by atoms with Gasteiger partial charge in [0, 0.05) is 56.7 Å². The van der Waals surface area contributed by atoms with Crippen LogP contribution < -0.4 is 9.80 Å². The second kappa shape index (κ2) is 8.99. The fraction of sp³-hybridized carbons (Fsp3) is 0.133. The lowest BCUT2D eigenvalue weighted by Crippen LogP contribution is -2.08. The van der Waals surface area contributed by atoms with Crippen molar-refractivity contribution in [3.05, 3.63) is 97.2 Å². The Labute approximate surface area is 201 Å². The fourth-order valence-corrected chi connectivity index (χ4v) is 4.25. The molecule has 5 rings (SSSR count). The first-order valence-corrected chi connectivity index (χ1v) is 11.4. The van der Waals surface area contributed by atoms with Crippen molar-refractivity contribution in [2.45, 2.75) is 0 Å². The van der Waals surface area contributed by atoms with E-state index in [2.05, 4.69) is 105 Å². The summed E-state index contributed by atoms with van der Waals surface area (Å²) in [5, 5.41) is 1.04. The number of rotatable bonds is 5. The predicted molar refractivity (Wildman–Crippen MR) is 144 cm³/mol. The molecular formula is C30H28N4. The molecule has 5 aromatic rings. The number of anilines is 2. The maximum absolute atomic E-state index is 4.98. The number of fused-ring (bicyclic) bond motifs is 1. The van der Waals surface area contributed by atoms with Crippen LogP contribution in [0.2, 0.25) is 0 Å². The zero-order valence-electron chi connectivity index (χ0n) is 20.0. The Morgan fingerprint density at radius 1 is 0.559 bits per heavy atom. The van der Waals surface area contributed by atoms with Crippen molar-refractivity contribution in [3.8, 4) is 33.6 Å². The number of nitrogens with zero attached hydrogens (tertiary/aromatic N) is 4. The van der Waals surface area contributed by atoms with E-state index in [0.29, 0.717) is 0 Å². The van der Waals surface area contributed by atoms with Gasteiger partial charge >= 0.3 is 0 Å². The lowest BCUT2D eigenvalue weighted by molar-refractivity contribution is 1.13. The summed E-state index contributed by atoms with van der Waals surface area (Å²) < 4.78 is 0. The molecule has 0 atom stereocenters. The highest BCUT2D eigenvalue weighted by molar-refractivity contribution is 5.94. The van der Waals surface area contributed by atoms with Crippen LogP contribution in [0.1, 0.15) is 0 Å². The van der Waals surface area contributed by atoms with Crippen LogP contribution in [0.15, 0.2) is 97.2 Å². The van der Waals surface area contributed by atoms with Crippen LogP contribution in [-0.4, -0.2) is 38.2 Å². The molecule has 0 aliphatic heterocycles. The van der Waals surface area contributed by atoms with Crippen LogP contribution >= 0.6 is 0 Å². The summed E-state index contributed by atoms with van der Waals surface area (Å²) in [6.45, 7) is 0. The molecule has 0 saturated heterocycles. The highest BCUT2D eigenvalue weighted by atomic mass is 15.1. The number of benzene rings is 4. The first-order valence-electron chi connectivity index (χ1n) is 11.4. The van der Waals surface area contributed by atoms with Gasteiger partial charge < -0.3 is 9.80 Å². The van der Waals surface area contributed by atoms with E-state index in [1.165, 1.54) is 11.4 Å². The first-order chi connectivity index (χ1) is 16.5. The molecule has 0 aliphatic rings. The van der Waals surface area contributed by atoms with Crippen molar-refractivity contribution in [1.29, 1.82) is 0 Å². The van der Waals surface area contributed by atoms with E-state index >= 15 is 0 Å². The molecule has 0 N–H and O–H groups in total. The van der Waals surface area contributed by atoms with Gasteiger partial charge in [0.05, 0.1) is 5.52 Å². The molecule has 34 heavy (non-hydrogen) atoms. The molecule has 168 valence electrons. The SMILES string of the molecule is CN(C)c1ccc(-c2cccc(-c3ccc(N(C)C)cc3)c2-c2ncc3ccccc3n2)cc1. The smallest absolute Gasteiger partial charge is 0.161 e. The molecule has 0 spiro atoms. The summed E-state index contributed by atoms with van der Waals surface area (Å²) in [5.74, 6) is 0.734. The van der Waals surface area contributed by atoms with Gasteiger partial charge in [0.15, 0.2) is 5.82 Å². The minimum atomic E-state index is 0.734. The standard InChI is InChI=1S/C30H28N4/c1-33(2)24-16-12-21(13-17-24)26-9-7-10-27(22-14-18-25(19-15-22)34(3)4)29(26)30-31-20-23-8-5-6-11-28(23)32-30/h5-20H,1-4H3. The molecule has 0 aliphatic carbocycles. The van der Waals surface area contributed by atoms with Gasteiger partial charge in [-0.05, 0) is 52.6 Å². The second-order valence-corrected chi connectivity index (χ2v) is 8.86. The molecule has 4 aromatic carbocycles. The molecule has 0 saturated carbocycles. The molecule has 0 bridgehead atoms. The average molecular weight is 445 g/mol. The van der Waals surface area contributed by atoms with Gasteiger partial charge in [-0.15, -0.1) is 0 Å². The first kappa shape index (κ1) is 21.7. The molecule has 0 amide bonds. The van der Waals surface area contributed by atoms with E-state index in [-0.39, 0.29) is 0 Å². The lowest BCUT2D eigenvalue weighted by Gasteiger charge is -2.18. The number of aromatic nitrogens is 2. The lowest BCUT2D eigenvalue weighted by atomic mass is 9.91. The minimum absolute atomic E-state index is 0.734. The molecule has 0 unspecified atom stereocenters. The Hall–Kier alpha value is -4.18. The van der Waals surface area contributed by atoms with Crippen molar-refractivity contribution in [2.75, 3.05) is 38.0 Å². The molecule has 1 aromatic heterocycles. The summed E-state index contributed by atoms with van der Waals surface area (Å²) in [6, 6.07) is 31.9. The largest absolute Gasteiger partial charge is 0.378 e. The number of hydrogen-bond acceptors (Lipinski definition) is 4. The summed E-state index contributed by atoms with van der Waals surface area (Å²) >= 11 is 0. The molecule has 0 fully saturated rings. The van der Waals surface area contributed by atoms with Crippen LogP contribution in [0.25, 0.3) is 44.5 Å². The van der Waals surface area contributed by atoms with Crippen LogP contribution in [0.4, 0.5) is 11.4 Å². The fourth-order valence-electron chi connectivity index (χ4n) is 4.25.